The first kappa shape index (κ1) is 17.2. The van der Waals surface area contributed by atoms with Gasteiger partial charge in [-0.05, 0) is 37.9 Å². The Hall–Kier alpha value is -0.120. The Bertz CT molecular complexity index is 600. The molecule has 0 aromatic carbocycles. The van der Waals surface area contributed by atoms with E-state index in [9.17, 15) is 8.42 Å². The predicted octanol–water partition coefficient (Wildman–Crippen LogP) is 2.34. The van der Waals surface area contributed by atoms with E-state index in [1.165, 1.54) is 11.3 Å². The van der Waals surface area contributed by atoms with Gasteiger partial charge in [-0.25, -0.2) is 13.6 Å². The van der Waals surface area contributed by atoms with Gasteiger partial charge in [0.05, 0.1) is 4.21 Å². The van der Waals surface area contributed by atoms with Crippen LogP contribution >= 0.6 is 23.1 Å². The molecule has 3 N–H and O–H groups in total. The second-order valence-electron chi connectivity index (χ2n) is 5.36. The van der Waals surface area contributed by atoms with Crippen LogP contribution in [0.25, 0.3) is 0 Å². The first-order valence-electron chi connectivity index (χ1n) is 6.89. The number of primary sulfonamides is 1. The fraction of sp³-hybridized carbons (Fsp3) is 0.692. The quantitative estimate of drug-likeness (QED) is 0.738. The number of hydrogen-bond donors (Lipinski definition) is 2. The first-order chi connectivity index (χ1) is 9.81. The fourth-order valence-electron chi connectivity index (χ4n) is 2.68. The van der Waals surface area contributed by atoms with Crippen LogP contribution in [0, 0.1) is 0 Å². The maximum atomic E-state index is 11.5. The number of thiophene rings is 1. The molecule has 0 bridgehead atoms. The summed E-state index contributed by atoms with van der Waals surface area (Å²) in [7, 11) is -1.91. The van der Waals surface area contributed by atoms with Crippen molar-refractivity contribution in [1.82, 2.24) is 5.32 Å². The topological polar surface area (TPSA) is 81.4 Å². The number of rotatable bonds is 7. The van der Waals surface area contributed by atoms with Crippen LogP contribution in [0.15, 0.2) is 14.5 Å². The molecule has 0 radical (unpaired) electrons. The fourth-order valence-corrected chi connectivity index (χ4v) is 6.81. The Morgan fingerprint density at radius 1 is 1.52 bits per heavy atom. The molecule has 0 saturated heterocycles. The van der Waals surface area contributed by atoms with Gasteiger partial charge in [0.1, 0.15) is 4.21 Å². The van der Waals surface area contributed by atoms with E-state index < -0.39 is 10.0 Å². The average molecular weight is 351 g/mol. The van der Waals surface area contributed by atoms with E-state index in [4.69, 9.17) is 9.88 Å². The van der Waals surface area contributed by atoms with Crippen LogP contribution in [0.5, 0.6) is 0 Å². The molecule has 2 unspecified atom stereocenters. The lowest BCUT2D eigenvalue weighted by atomic mass is 9.91. The molecule has 1 aliphatic heterocycles. The Balaban J connectivity index is 2.27. The van der Waals surface area contributed by atoms with Crippen molar-refractivity contribution in [2.75, 3.05) is 20.3 Å². The average Bonchev–Trinajstić information content (AvgIpc) is 2.88. The highest BCUT2D eigenvalue weighted by molar-refractivity contribution is 8.03. The zero-order valence-corrected chi connectivity index (χ0v) is 15.0. The Morgan fingerprint density at radius 3 is 2.81 bits per heavy atom. The van der Waals surface area contributed by atoms with E-state index in [2.05, 4.69) is 19.2 Å². The van der Waals surface area contributed by atoms with E-state index >= 15 is 0 Å². The maximum absolute atomic E-state index is 11.5. The van der Waals surface area contributed by atoms with E-state index in [1.807, 2.05) is 0 Å². The molecule has 8 heteroatoms. The maximum Gasteiger partial charge on any atom is 0.247 e. The van der Waals surface area contributed by atoms with Crippen LogP contribution in [-0.2, 0) is 14.8 Å². The highest BCUT2D eigenvalue weighted by Gasteiger charge is 2.44. The van der Waals surface area contributed by atoms with Crippen LogP contribution < -0.4 is 10.5 Å². The van der Waals surface area contributed by atoms with Gasteiger partial charge in [-0.3, -0.25) is 0 Å². The van der Waals surface area contributed by atoms with Crippen molar-refractivity contribution in [3.63, 3.8) is 0 Å². The number of nitrogens with two attached hydrogens (primary N) is 1. The van der Waals surface area contributed by atoms with Gasteiger partial charge in [0.15, 0.2) is 0 Å². The summed E-state index contributed by atoms with van der Waals surface area (Å²) in [6.07, 6.45) is 1.99. The number of sulfonamides is 1. The molecule has 0 spiro atoms. The Morgan fingerprint density at radius 2 is 2.24 bits per heavy atom. The van der Waals surface area contributed by atoms with E-state index in [0.29, 0.717) is 0 Å². The molecule has 1 aromatic rings. The first-order valence-corrected chi connectivity index (χ1v) is 10.1. The van der Waals surface area contributed by atoms with Gasteiger partial charge in [-0.2, -0.15) is 0 Å². The van der Waals surface area contributed by atoms with Crippen LogP contribution in [-0.4, -0.2) is 33.4 Å². The molecule has 21 heavy (non-hydrogen) atoms. The van der Waals surface area contributed by atoms with Gasteiger partial charge in [0.2, 0.25) is 10.0 Å². The summed E-state index contributed by atoms with van der Waals surface area (Å²) < 4.78 is 29.5. The largest absolute Gasteiger partial charge is 0.385 e. The summed E-state index contributed by atoms with van der Waals surface area (Å²) in [5, 5.41) is 8.73. The minimum atomic E-state index is -3.62. The standard InChI is InChI=1S/C13H22N2O3S3/c1-4-15-11-9-8-10(21(14,16)17)19-12(9)20-13(11,2)6-5-7-18-3/h8,11,15H,4-7H2,1-3H3,(H2,14,16,17). The zero-order chi connectivity index (χ0) is 15.7. The summed E-state index contributed by atoms with van der Waals surface area (Å²) in [5.74, 6) is 0. The van der Waals surface area contributed by atoms with Crippen molar-refractivity contribution in [1.29, 1.82) is 0 Å². The molecule has 2 atom stereocenters. The highest BCUT2D eigenvalue weighted by atomic mass is 32.3. The van der Waals surface area contributed by atoms with E-state index in [-0.39, 0.29) is 15.0 Å². The number of methoxy groups -OCH3 is 1. The second kappa shape index (κ2) is 6.55. The lowest BCUT2D eigenvalue weighted by Gasteiger charge is -2.31. The van der Waals surface area contributed by atoms with Crippen molar-refractivity contribution in [2.24, 2.45) is 5.14 Å². The van der Waals surface area contributed by atoms with Crippen LogP contribution in [0.3, 0.4) is 0 Å². The third kappa shape index (κ3) is 3.62. The number of hydrogen-bond acceptors (Lipinski definition) is 6. The second-order valence-corrected chi connectivity index (χ2v) is 10.00. The van der Waals surface area contributed by atoms with Crippen LogP contribution in [0.4, 0.5) is 0 Å². The molecular weight excluding hydrogens is 328 g/mol. The Labute approximate surface area is 134 Å². The van der Waals surface area contributed by atoms with Gasteiger partial charge >= 0.3 is 0 Å². The number of thioether (sulfide) groups is 1. The molecule has 0 fully saturated rings. The van der Waals surface area contributed by atoms with Gasteiger partial charge in [0.25, 0.3) is 0 Å². The molecule has 5 nitrogen and oxygen atoms in total. The van der Waals surface area contributed by atoms with Crippen molar-refractivity contribution in [3.05, 3.63) is 11.6 Å². The lowest BCUT2D eigenvalue weighted by Crippen LogP contribution is -2.36. The molecule has 0 aliphatic carbocycles. The minimum Gasteiger partial charge on any atom is -0.385 e. The summed E-state index contributed by atoms with van der Waals surface area (Å²) in [5.41, 5.74) is 1.07. The summed E-state index contributed by atoms with van der Waals surface area (Å²) >= 11 is 3.03. The smallest absolute Gasteiger partial charge is 0.247 e. The molecule has 1 aromatic heterocycles. The monoisotopic (exact) mass is 350 g/mol. The number of fused-ring (bicyclic) bond motifs is 1. The minimum absolute atomic E-state index is 0.0204. The predicted molar refractivity (Wildman–Crippen MR) is 87.5 cm³/mol. The molecular formula is C13H22N2O3S3. The van der Waals surface area contributed by atoms with Crippen LogP contribution in [0.2, 0.25) is 0 Å². The number of ether oxygens (including phenoxy) is 1. The molecule has 0 amide bonds. The third-order valence-corrected chi connectivity index (χ3v) is 7.85. The molecule has 2 rings (SSSR count). The third-order valence-electron chi connectivity index (χ3n) is 3.66. The molecule has 0 saturated carbocycles. The van der Waals surface area contributed by atoms with E-state index in [0.717, 1.165) is 35.8 Å². The van der Waals surface area contributed by atoms with Gasteiger partial charge in [-0.15, -0.1) is 23.1 Å². The van der Waals surface area contributed by atoms with Crippen molar-refractivity contribution in [2.45, 2.75) is 45.9 Å². The van der Waals surface area contributed by atoms with Crippen molar-refractivity contribution in [3.8, 4) is 0 Å². The summed E-state index contributed by atoms with van der Waals surface area (Å²) in [6, 6.07) is 1.88. The zero-order valence-electron chi connectivity index (χ0n) is 12.5. The van der Waals surface area contributed by atoms with Crippen molar-refractivity contribution >= 4 is 33.1 Å². The van der Waals surface area contributed by atoms with Crippen molar-refractivity contribution < 1.29 is 13.2 Å². The summed E-state index contributed by atoms with van der Waals surface area (Å²) in [4.78, 5) is 0. The van der Waals surface area contributed by atoms with Gasteiger partial charge < -0.3 is 10.1 Å². The molecule has 2 heterocycles. The highest BCUT2D eigenvalue weighted by Crippen LogP contribution is 2.57. The van der Waals surface area contributed by atoms with Crippen LogP contribution in [0.1, 0.15) is 38.3 Å². The number of nitrogens with one attached hydrogen (secondary N) is 1. The molecule has 120 valence electrons. The van der Waals surface area contributed by atoms with E-state index in [1.54, 1.807) is 24.9 Å². The van der Waals surface area contributed by atoms with Gasteiger partial charge in [-0.1, -0.05) is 6.92 Å². The normalized spacial score (nSPS) is 25.2. The Kier molecular flexibility index (Phi) is 5.38. The summed E-state index contributed by atoms with van der Waals surface area (Å²) in [6.45, 7) is 5.87. The SMILES string of the molecule is CCNC1c2cc(S(N)(=O)=O)sc2SC1(C)CCCOC. The van der Waals surface area contributed by atoms with Gasteiger partial charge in [0, 0.05) is 24.5 Å². The molecule has 1 aliphatic rings. The lowest BCUT2D eigenvalue weighted by molar-refractivity contribution is 0.187.